The third-order valence-corrected chi connectivity index (χ3v) is 3.97. The number of unbranched alkanes of at least 4 members (excludes halogenated alkanes) is 1. The highest BCUT2D eigenvalue weighted by Gasteiger charge is 2.36. The lowest BCUT2D eigenvalue weighted by Gasteiger charge is -2.22. The van der Waals surface area contributed by atoms with E-state index in [4.69, 9.17) is 4.74 Å². The monoisotopic (exact) mass is 272 g/mol. The number of benzene rings is 1. The zero-order valence-corrected chi connectivity index (χ0v) is 12.9. The maximum absolute atomic E-state index is 12.0. The Bertz CT molecular complexity index is 511. The highest BCUT2D eigenvalue weighted by Crippen LogP contribution is 2.36. The van der Waals surface area contributed by atoms with Crippen LogP contribution in [0.25, 0.3) is 0 Å². The fourth-order valence-electron chi connectivity index (χ4n) is 2.56. The molecule has 0 unspecified atom stereocenters. The number of carbonyl (C=O) groups excluding carboxylic acids is 1. The van der Waals surface area contributed by atoms with Crippen LogP contribution in [-0.4, -0.2) is 5.97 Å². The Hall–Kier alpha value is -1.57. The van der Waals surface area contributed by atoms with Gasteiger partial charge in [0.25, 0.3) is 0 Å². The number of cyclic esters (lactones) is 1. The molecule has 2 heteroatoms. The maximum Gasteiger partial charge on any atom is 0.335 e. The number of rotatable bonds is 5. The molecule has 20 heavy (non-hydrogen) atoms. The molecular formula is C18H24O2. The van der Waals surface area contributed by atoms with Gasteiger partial charge >= 0.3 is 5.97 Å². The van der Waals surface area contributed by atoms with Gasteiger partial charge < -0.3 is 4.74 Å². The Morgan fingerprint density at radius 2 is 1.85 bits per heavy atom. The molecule has 0 fully saturated rings. The van der Waals surface area contributed by atoms with Crippen molar-refractivity contribution in [1.29, 1.82) is 0 Å². The van der Waals surface area contributed by atoms with Gasteiger partial charge in [-0.1, -0.05) is 51.5 Å². The van der Waals surface area contributed by atoms with Crippen molar-refractivity contribution in [3.8, 4) is 0 Å². The van der Waals surface area contributed by atoms with Gasteiger partial charge in [0.1, 0.15) is 0 Å². The molecular weight excluding hydrogens is 248 g/mol. The van der Waals surface area contributed by atoms with E-state index < -0.39 is 5.60 Å². The lowest BCUT2D eigenvalue weighted by atomic mass is 9.92. The molecule has 2 nitrogen and oxygen atoms in total. The van der Waals surface area contributed by atoms with Gasteiger partial charge in [0.2, 0.25) is 0 Å². The topological polar surface area (TPSA) is 26.3 Å². The fraction of sp³-hybridized carbons (Fsp3) is 0.500. The summed E-state index contributed by atoms with van der Waals surface area (Å²) >= 11 is 0. The zero-order chi connectivity index (χ0) is 14.8. The molecule has 0 saturated carbocycles. The minimum atomic E-state index is -0.602. The van der Waals surface area contributed by atoms with Crippen molar-refractivity contribution in [2.75, 3.05) is 0 Å². The summed E-state index contributed by atoms with van der Waals surface area (Å²) in [6.07, 6.45) is 4.93. The van der Waals surface area contributed by atoms with Crippen LogP contribution >= 0.6 is 0 Å². The molecule has 0 spiro atoms. The fourth-order valence-corrected chi connectivity index (χ4v) is 2.56. The van der Waals surface area contributed by atoms with E-state index in [0.29, 0.717) is 5.92 Å². The highest BCUT2D eigenvalue weighted by molar-refractivity contribution is 5.91. The molecule has 1 aromatic rings. The third-order valence-electron chi connectivity index (χ3n) is 3.97. The Balaban J connectivity index is 2.23. The minimum absolute atomic E-state index is 0.158. The lowest BCUT2D eigenvalue weighted by Crippen LogP contribution is -2.21. The summed E-state index contributed by atoms with van der Waals surface area (Å²) in [4.78, 5) is 12.0. The van der Waals surface area contributed by atoms with Gasteiger partial charge in [-0.05, 0) is 42.9 Å². The van der Waals surface area contributed by atoms with Crippen LogP contribution < -0.4 is 0 Å². The Labute approximate surface area is 121 Å². The van der Waals surface area contributed by atoms with E-state index in [0.717, 1.165) is 30.4 Å². The van der Waals surface area contributed by atoms with Gasteiger partial charge in [0, 0.05) is 5.57 Å². The maximum atomic E-state index is 12.0. The Morgan fingerprint density at radius 1 is 1.20 bits per heavy atom. The molecule has 108 valence electrons. The molecule has 0 amide bonds. The van der Waals surface area contributed by atoms with E-state index in [-0.39, 0.29) is 5.97 Å². The molecule has 1 aliphatic rings. The summed E-state index contributed by atoms with van der Waals surface area (Å²) < 4.78 is 5.61. The second-order valence-corrected chi connectivity index (χ2v) is 6.05. The van der Waals surface area contributed by atoms with E-state index in [1.807, 2.05) is 13.0 Å². The molecule has 0 radical (unpaired) electrons. The third kappa shape index (κ3) is 2.95. The quantitative estimate of drug-likeness (QED) is 0.726. The molecule has 1 aliphatic heterocycles. The SMILES string of the molecule is CCCCC1=C[C@](C)(c2ccc(C(C)C)cc2)OC1=O. The van der Waals surface area contributed by atoms with Gasteiger partial charge in [0.05, 0.1) is 0 Å². The van der Waals surface area contributed by atoms with Crippen molar-refractivity contribution in [2.45, 2.75) is 58.5 Å². The van der Waals surface area contributed by atoms with E-state index in [1.165, 1.54) is 5.56 Å². The molecule has 0 bridgehead atoms. The summed E-state index contributed by atoms with van der Waals surface area (Å²) in [5.74, 6) is 0.354. The first-order valence-electron chi connectivity index (χ1n) is 7.52. The molecule has 0 aromatic heterocycles. The first kappa shape index (κ1) is 14.8. The van der Waals surface area contributed by atoms with Crippen LogP contribution in [0, 0.1) is 0 Å². The zero-order valence-electron chi connectivity index (χ0n) is 12.9. The average molecular weight is 272 g/mol. The Kier molecular flexibility index (Phi) is 4.32. The summed E-state index contributed by atoms with van der Waals surface area (Å²) in [6.45, 7) is 8.45. The highest BCUT2D eigenvalue weighted by atomic mass is 16.6. The second kappa shape index (κ2) is 5.82. The van der Waals surface area contributed by atoms with Gasteiger partial charge in [-0.3, -0.25) is 0 Å². The standard InChI is InChI=1S/C18H24O2/c1-5-6-7-15-12-18(4,20-17(15)19)16-10-8-14(9-11-16)13(2)3/h8-13H,5-7H2,1-4H3/t18-/m1/s1. The molecule has 2 rings (SSSR count). The average Bonchev–Trinajstić information content (AvgIpc) is 2.72. The van der Waals surface area contributed by atoms with E-state index in [9.17, 15) is 4.79 Å². The van der Waals surface area contributed by atoms with Crippen LogP contribution in [0.1, 0.15) is 64.0 Å². The van der Waals surface area contributed by atoms with Crippen molar-refractivity contribution < 1.29 is 9.53 Å². The van der Waals surface area contributed by atoms with E-state index in [1.54, 1.807) is 0 Å². The van der Waals surface area contributed by atoms with Crippen molar-refractivity contribution >= 4 is 5.97 Å². The van der Waals surface area contributed by atoms with Crippen LogP contribution in [0.2, 0.25) is 0 Å². The van der Waals surface area contributed by atoms with Gasteiger partial charge in [-0.25, -0.2) is 4.79 Å². The minimum Gasteiger partial charge on any atom is -0.447 e. The van der Waals surface area contributed by atoms with Crippen LogP contribution in [0.5, 0.6) is 0 Å². The van der Waals surface area contributed by atoms with E-state index in [2.05, 4.69) is 45.0 Å². The van der Waals surface area contributed by atoms with Gasteiger partial charge in [0.15, 0.2) is 5.60 Å². The van der Waals surface area contributed by atoms with Gasteiger partial charge in [-0.2, -0.15) is 0 Å². The Morgan fingerprint density at radius 3 is 2.40 bits per heavy atom. The summed E-state index contributed by atoms with van der Waals surface area (Å²) in [6, 6.07) is 8.39. The van der Waals surface area contributed by atoms with E-state index >= 15 is 0 Å². The number of esters is 1. The number of hydrogen-bond acceptors (Lipinski definition) is 2. The van der Waals surface area contributed by atoms with Crippen LogP contribution in [0.3, 0.4) is 0 Å². The smallest absolute Gasteiger partial charge is 0.335 e. The molecule has 1 atom stereocenters. The summed E-state index contributed by atoms with van der Waals surface area (Å²) in [5, 5.41) is 0. The normalized spacial score (nSPS) is 22.1. The largest absolute Gasteiger partial charge is 0.447 e. The molecule has 0 N–H and O–H groups in total. The van der Waals surface area contributed by atoms with Crippen molar-refractivity contribution in [3.63, 3.8) is 0 Å². The van der Waals surface area contributed by atoms with Crippen LogP contribution in [0.4, 0.5) is 0 Å². The number of hydrogen-bond donors (Lipinski definition) is 0. The molecule has 1 aromatic carbocycles. The van der Waals surface area contributed by atoms with Crippen LogP contribution in [0.15, 0.2) is 35.9 Å². The number of carbonyl (C=O) groups is 1. The lowest BCUT2D eigenvalue weighted by molar-refractivity contribution is -0.146. The number of ether oxygens (including phenoxy) is 1. The van der Waals surface area contributed by atoms with Gasteiger partial charge in [-0.15, -0.1) is 0 Å². The second-order valence-electron chi connectivity index (χ2n) is 6.05. The molecule has 0 saturated heterocycles. The summed E-state index contributed by atoms with van der Waals surface area (Å²) in [7, 11) is 0. The van der Waals surface area contributed by atoms with Crippen LogP contribution in [-0.2, 0) is 15.1 Å². The molecule has 0 aliphatic carbocycles. The first-order valence-corrected chi connectivity index (χ1v) is 7.52. The predicted molar refractivity (Wildman–Crippen MR) is 81.6 cm³/mol. The van der Waals surface area contributed by atoms with Crippen molar-refractivity contribution in [3.05, 3.63) is 47.0 Å². The predicted octanol–water partition coefficient (Wildman–Crippen LogP) is 4.70. The van der Waals surface area contributed by atoms with Crippen molar-refractivity contribution in [2.24, 2.45) is 0 Å². The molecule has 1 heterocycles. The first-order chi connectivity index (χ1) is 9.46. The summed E-state index contributed by atoms with van der Waals surface area (Å²) in [5.41, 5.74) is 2.57. The van der Waals surface area contributed by atoms with Crippen molar-refractivity contribution in [1.82, 2.24) is 0 Å².